The van der Waals surface area contributed by atoms with E-state index in [-0.39, 0.29) is 17.0 Å². The minimum atomic E-state index is -3.79. The van der Waals surface area contributed by atoms with Crippen LogP contribution in [0.15, 0.2) is 83.8 Å². The molecule has 0 amide bonds. The number of likely N-dealkylation sites (tertiary alicyclic amines) is 1. The smallest absolute Gasteiger partial charge is 0.264 e. The maximum absolute atomic E-state index is 14.0. The molecule has 3 aromatic carbocycles. The third-order valence-corrected chi connectivity index (χ3v) is 10.2. The Morgan fingerprint density at radius 1 is 0.921 bits per heavy atom. The van der Waals surface area contributed by atoms with Crippen LogP contribution in [0.1, 0.15) is 44.1 Å². The van der Waals surface area contributed by atoms with E-state index in [9.17, 15) is 13.5 Å². The molecule has 1 heterocycles. The monoisotopic (exact) mass is 554 g/mol. The molecule has 2 aliphatic rings. The van der Waals surface area contributed by atoms with Crippen molar-refractivity contribution in [1.29, 1.82) is 0 Å². The van der Waals surface area contributed by atoms with Gasteiger partial charge in [0.05, 0.1) is 17.7 Å². The summed E-state index contributed by atoms with van der Waals surface area (Å²) < 4.78 is 34.7. The lowest BCUT2D eigenvalue weighted by molar-refractivity contribution is -0.0849. The number of aliphatic hydroxyl groups is 1. The molecule has 202 valence electrons. The average Bonchev–Trinajstić information content (AvgIpc) is 2.95. The number of para-hydroxylation sites is 1. The van der Waals surface area contributed by atoms with Crippen molar-refractivity contribution in [2.24, 2.45) is 0 Å². The van der Waals surface area contributed by atoms with Gasteiger partial charge < -0.3 is 9.84 Å². The number of piperidine rings is 1. The standard InChI is InChI=1S/C30H35ClN2O4S/c1-37-27-14-16-28(17-15-27)38(35,36)33(25-7-3-2-4-8-25)26-18-21-32(22-19-26)29-9-5-6-20-30(29,34)23-10-12-24(31)13-11-23/h2-4,7-8,10-17,26,29,34H,5-6,9,18-22H2,1H3. The molecule has 6 nitrogen and oxygen atoms in total. The summed E-state index contributed by atoms with van der Waals surface area (Å²) in [7, 11) is -2.23. The van der Waals surface area contributed by atoms with Crippen molar-refractivity contribution in [1.82, 2.24) is 4.90 Å². The van der Waals surface area contributed by atoms with Crippen LogP contribution >= 0.6 is 11.6 Å². The summed E-state index contributed by atoms with van der Waals surface area (Å²) in [4.78, 5) is 2.61. The number of hydrogen-bond acceptors (Lipinski definition) is 5. The molecule has 2 fully saturated rings. The van der Waals surface area contributed by atoms with Crippen molar-refractivity contribution >= 4 is 27.3 Å². The number of methoxy groups -OCH3 is 1. The minimum Gasteiger partial charge on any atom is -0.497 e. The Kier molecular flexibility index (Phi) is 8.00. The predicted octanol–water partition coefficient (Wildman–Crippen LogP) is 5.84. The molecule has 1 aliphatic carbocycles. The highest BCUT2D eigenvalue weighted by Crippen LogP contribution is 2.42. The number of nitrogens with zero attached hydrogens (tertiary/aromatic N) is 2. The van der Waals surface area contributed by atoms with E-state index in [1.807, 2.05) is 54.6 Å². The molecule has 38 heavy (non-hydrogen) atoms. The van der Waals surface area contributed by atoms with Gasteiger partial charge in [0.15, 0.2) is 0 Å². The molecule has 5 rings (SSSR count). The van der Waals surface area contributed by atoms with Gasteiger partial charge in [0.2, 0.25) is 0 Å². The van der Waals surface area contributed by atoms with Crippen LogP contribution in [0.4, 0.5) is 5.69 Å². The summed E-state index contributed by atoms with van der Waals surface area (Å²) in [5, 5.41) is 12.6. The number of sulfonamides is 1. The number of hydrogen-bond donors (Lipinski definition) is 1. The summed E-state index contributed by atoms with van der Waals surface area (Å²) in [6, 6.07) is 23.3. The van der Waals surface area contributed by atoms with Gasteiger partial charge in [-0.05, 0) is 79.8 Å². The van der Waals surface area contributed by atoms with Crippen LogP contribution in [0.2, 0.25) is 5.02 Å². The van der Waals surface area contributed by atoms with Crippen LogP contribution in [0.25, 0.3) is 0 Å². The fourth-order valence-electron chi connectivity index (χ4n) is 6.11. The number of ether oxygens (including phenoxy) is 1. The van der Waals surface area contributed by atoms with Gasteiger partial charge in [-0.1, -0.05) is 54.8 Å². The van der Waals surface area contributed by atoms with E-state index in [0.717, 1.165) is 24.8 Å². The van der Waals surface area contributed by atoms with Gasteiger partial charge in [0.1, 0.15) is 11.4 Å². The Hall–Kier alpha value is -2.58. The third-order valence-electron chi connectivity index (χ3n) is 8.08. The van der Waals surface area contributed by atoms with Gasteiger partial charge in [0, 0.05) is 30.2 Å². The first-order valence-electron chi connectivity index (χ1n) is 13.3. The lowest BCUT2D eigenvalue weighted by Crippen LogP contribution is -2.57. The van der Waals surface area contributed by atoms with Crippen molar-refractivity contribution in [3.63, 3.8) is 0 Å². The van der Waals surface area contributed by atoms with Gasteiger partial charge in [-0.25, -0.2) is 8.42 Å². The predicted molar refractivity (Wildman–Crippen MR) is 151 cm³/mol. The van der Waals surface area contributed by atoms with Gasteiger partial charge in [-0.2, -0.15) is 0 Å². The second kappa shape index (κ2) is 11.3. The lowest BCUT2D eigenvalue weighted by Gasteiger charge is -2.49. The van der Waals surface area contributed by atoms with Gasteiger partial charge in [-0.15, -0.1) is 0 Å². The molecule has 1 saturated carbocycles. The molecule has 2 atom stereocenters. The maximum Gasteiger partial charge on any atom is 0.264 e. The molecule has 1 N–H and O–H groups in total. The topological polar surface area (TPSA) is 70.1 Å². The van der Waals surface area contributed by atoms with Crippen LogP contribution in [-0.2, 0) is 15.6 Å². The van der Waals surface area contributed by atoms with Gasteiger partial charge >= 0.3 is 0 Å². The Balaban J connectivity index is 1.39. The van der Waals surface area contributed by atoms with Crippen molar-refractivity contribution in [2.75, 3.05) is 24.5 Å². The zero-order valence-electron chi connectivity index (χ0n) is 21.7. The quantitative estimate of drug-likeness (QED) is 0.397. The number of rotatable bonds is 7. The molecule has 8 heteroatoms. The Bertz CT molecular complexity index is 1310. The first-order valence-corrected chi connectivity index (χ1v) is 15.1. The van der Waals surface area contributed by atoms with E-state index in [1.54, 1.807) is 35.7 Å². The van der Waals surface area contributed by atoms with Crippen molar-refractivity contribution < 1.29 is 18.3 Å². The summed E-state index contributed by atoms with van der Waals surface area (Å²) in [6.07, 6.45) is 5.03. The fourth-order valence-corrected chi connectivity index (χ4v) is 7.95. The molecular formula is C30H35ClN2O4S. The molecular weight excluding hydrogens is 520 g/mol. The van der Waals surface area contributed by atoms with Crippen LogP contribution < -0.4 is 9.04 Å². The highest BCUT2D eigenvalue weighted by atomic mass is 35.5. The molecule has 0 radical (unpaired) electrons. The lowest BCUT2D eigenvalue weighted by atomic mass is 9.74. The highest BCUT2D eigenvalue weighted by molar-refractivity contribution is 7.92. The second-order valence-electron chi connectivity index (χ2n) is 10.3. The van der Waals surface area contributed by atoms with Crippen molar-refractivity contribution in [3.8, 4) is 5.75 Å². The summed E-state index contributed by atoms with van der Waals surface area (Å²) >= 11 is 6.12. The van der Waals surface area contributed by atoms with E-state index < -0.39 is 15.6 Å². The Morgan fingerprint density at radius 3 is 2.21 bits per heavy atom. The van der Waals surface area contributed by atoms with E-state index in [2.05, 4.69) is 4.90 Å². The fraction of sp³-hybridized carbons (Fsp3) is 0.400. The minimum absolute atomic E-state index is 0.0123. The summed E-state index contributed by atoms with van der Waals surface area (Å²) in [5.74, 6) is 0.615. The van der Waals surface area contributed by atoms with Gasteiger partial charge in [0.25, 0.3) is 10.0 Å². The van der Waals surface area contributed by atoms with Crippen LogP contribution in [0, 0.1) is 0 Å². The van der Waals surface area contributed by atoms with E-state index >= 15 is 0 Å². The number of halogens is 1. The van der Waals surface area contributed by atoms with Crippen molar-refractivity contribution in [3.05, 3.63) is 89.4 Å². The molecule has 0 bridgehead atoms. The van der Waals surface area contributed by atoms with Crippen molar-refractivity contribution in [2.45, 2.75) is 61.1 Å². The normalized spacial score (nSPS) is 23.2. The average molecular weight is 555 g/mol. The van der Waals surface area contributed by atoms with E-state index in [4.69, 9.17) is 16.3 Å². The molecule has 1 aliphatic heterocycles. The van der Waals surface area contributed by atoms with Crippen LogP contribution in [0.3, 0.4) is 0 Å². The van der Waals surface area contributed by atoms with Crippen LogP contribution in [-0.4, -0.2) is 50.7 Å². The SMILES string of the molecule is COc1ccc(S(=O)(=O)N(c2ccccc2)C2CCN(C3CCCCC3(O)c3ccc(Cl)cc3)CC2)cc1. The van der Waals surface area contributed by atoms with Gasteiger partial charge in [-0.3, -0.25) is 9.21 Å². The maximum atomic E-state index is 14.0. The highest BCUT2D eigenvalue weighted by Gasteiger charge is 2.45. The first-order chi connectivity index (χ1) is 18.3. The summed E-state index contributed by atoms with van der Waals surface area (Å²) in [6.45, 7) is 1.43. The largest absolute Gasteiger partial charge is 0.497 e. The molecule has 3 aromatic rings. The Morgan fingerprint density at radius 2 is 1.58 bits per heavy atom. The molecule has 0 spiro atoms. The molecule has 1 saturated heterocycles. The van der Waals surface area contributed by atoms with E-state index in [1.165, 1.54) is 0 Å². The number of benzene rings is 3. The van der Waals surface area contributed by atoms with E-state index in [0.29, 0.717) is 48.8 Å². The third kappa shape index (κ3) is 5.30. The summed E-state index contributed by atoms with van der Waals surface area (Å²) in [5.41, 5.74) is 0.628. The number of anilines is 1. The molecule has 0 aromatic heterocycles. The first kappa shape index (κ1) is 27.0. The Labute approximate surface area is 230 Å². The molecule has 2 unspecified atom stereocenters. The zero-order chi connectivity index (χ0) is 26.8. The second-order valence-corrected chi connectivity index (χ2v) is 12.5. The van der Waals surface area contributed by atoms with Crippen LogP contribution in [0.5, 0.6) is 5.75 Å². The zero-order valence-corrected chi connectivity index (χ0v) is 23.2.